The summed E-state index contributed by atoms with van der Waals surface area (Å²) in [4.78, 5) is 4.37. The minimum Gasteiger partial charge on any atom is -0.360 e. The normalized spacial score (nSPS) is 10.3. The zero-order valence-electron chi connectivity index (χ0n) is 8.34. The van der Waals surface area contributed by atoms with Crippen LogP contribution in [0.5, 0.6) is 0 Å². The fraction of sp³-hybridized carbons (Fsp3) is 0.778. The Morgan fingerprint density at radius 2 is 2.15 bits per heavy atom. The van der Waals surface area contributed by atoms with Crippen molar-refractivity contribution < 1.29 is 0 Å². The Kier molecular flexibility index (Phi) is 4.75. The zero-order valence-corrected chi connectivity index (χ0v) is 9.15. The molecule has 0 spiro atoms. The largest absolute Gasteiger partial charge is 0.360 e. The van der Waals surface area contributed by atoms with Gasteiger partial charge in [0.25, 0.3) is 0 Å². The summed E-state index contributed by atoms with van der Waals surface area (Å²) in [5.41, 5.74) is 0. The Morgan fingerprint density at radius 1 is 1.31 bits per heavy atom. The molecule has 13 heavy (non-hydrogen) atoms. The fourth-order valence-electron chi connectivity index (χ4n) is 1.02. The molecular weight excluding hydrogens is 182 g/mol. The first-order valence-corrected chi connectivity index (χ1v) is 5.70. The van der Waals surface area contributed by atoms with Crippen molar-refractivity contribution in [2.24, 2.45) is 0 Å². The second-order valence-corrected chi connectivity index (χ2v) is 3.80. The molecule has 0 fully saturated rings. The van der Waals surface area contributed by atoms with Crippen molar-refractivity contribution in [2.45, 2.75) is 39.5 Å². The van der Waals surface area contributed by atoms with E-state index in [2.05, 4.69) is 28.5 Å². The number of aromatic nitrogens is 2. The van der Waals surface area contributed by atoms with Gasteiger partial charge in [-0.25, -0.2) is 4.98 Å². The van der Waals surface area contributed by atoms with Crippen LogP contribution in [0.3, 0.4) is 0 Å². The van der Waals surface area contributed by atoms with Crippen LogP contribution in [-0.4, -0.2) is 15.9 Å². The lowest BCUT2D eigenvalue weighted by Gasteiger charge is -1.97. The molecule has 1 N–H and O–H groups in total. The van der Waals surface area contributed by atoms with Gasteiger partial charge in [0.05, 0.1) is 0 Å². The lowest BCUT2D eigenvalue weighted by molar-refractivity contribution is 0.828. The van der Waals surface area contributed by atoms with Gasteiger partial charge in [-0.1, -0.05) is 20.3 Å². The van der Waals surface area contributed by atoms with E-state index in [0.717, 1.165) is 30.3 Å². The maximum absolute atomic E-state index is 4.37. The number of nitrogens with zero attached hydrogens (tertiary/aromatic N) is 2. The van der Waals surface area contributed by atoms with Gasteiger partial charge in [0.15, 0.2) is 0 Å². The highest BCUT2D eigenvalue weighted by Gasteiger charge is 2.00. The van der Waals surface area contributed by atoms with E-state index in [0.29, 0.717) is 0 Å². The van der Waals surface area contributed by atoms with Gasteiger partial charge in [-0.15, -0.1) is 0 Å². The quantitative estimate of drug-likeness (QED) is 0.716. The molecule has 1 aromatic rings. The van der Waals surface area contributed by atoms with Gasteiger partial charge in [0.2, 0.25) is 5.13 Å². The molecule has 0 amide bonds. The molecule has 1 rings (SSSR count). The van der Waals surface area contributed by atoms with Gasteiger partial charge >= 0.3 is 0 Å². The standard InChI is InChI=1S/C9H17N3S/c1-3-5-7-10-9-11-8(6-4-2)12-13-9/h3-7H2,1-2H3,(H,10,11,12). The minimum absolute atomic E-state index is 0.969. The van der Waals surface area contributed by atoms with Crippen molar-refractivity contribution in [3.05, 3.63) is 5.82 Å². The van der Waals surface area contributed by atoms with Gasteiger partial charge in [-0.2, -0.15) is 4.37 Å². The predicted octanol–water partition coefficient (Wildman–Crippen LogP) is 2.70. The van der Waals surface area contributed by atoms with Crippen molar-refractivity contribution in [2.75, 3.05) is 11.9 Å². The summed E-state index contributed by atoms with van der Waals surface area (Å²) in [5, 5.41) is 4.24. The summed E-state index contributed by atoms with van der Waals surface area (Å²) in [7, 11) is 0. The predicted molar refractivity (Wildman–Crippen MR) is 57.3 cm³/mol. The molecular formula is C9H17N3S. The van der Waals surface area contributed by atoms with Gasteiger partial charge in [-0.05, 0) is 12.8 Å². The summed E-state index contributed by atoms with van der Waals surface area (Å²) in [6.07, 6.45) is 4.52. The van der Waals surface area contributed by atoms with Crippen LogP contribution in [0.25, 0.3) is 0 Å². The van der Waals surface area contributed by atoms with Crippen molar-refractivity contribution in [3.8, 4) is 0 Å². The third-order valence-electron chi connectivity index (χ3n) is 1.75. The minimum atomic E-state index is 0.969. The Bertz CT molecular complexity index is 235. The Balaban J connectivity index is 2.31. The average molecular weight is 199 g/mol. The van der Waals surface area contributed by atoms with Crippen molar-refractivity contribution in [1.29, 1.82) is 0 Å². The van der Waals surface area contributed by atoms with Crippen molar-refractivity contribution in [3.63, 3.8) is 0 Å². The number of hydrogen-bond acceptors (Lipinski definition) is 4. The first kappa shape index (κ1) is 10.4. The first-order chi connectivity index (χ1) is 6.36. The van der Waals surface area contributed by atoms with Crippen LogP contribution in [0.1, 0.15) is 38.9 Å². The van der Waals surface area contributed by atoms with Crippen molar-refractivity contribution >= 4 is 16.7 Å². The summed E-state index contributed by atoms with van der Waals surface area (Å²) < 4.78 is 4.25. The van der Waals surface area contributed by atoms with E-state index in [4.69, 9.17) is 0 Å². The maximum Gasteiger partial charge on any atom is 0.202 e. The number of nitrogens with one attached hydrogen (secondary N) is 1. The Hall–Kier alpha value is -0.640. The summed E-state index contributed by atoms with van der Waals surface area (Å²) >= 11 is 1.47. The number of hydrogen-bond donors (Lipinski definition) is 1. The van der Waals surface area contributed by atoms with E-state index in [1.165, 1.54) is 24.4 Å². The molecule has 0 aliphatic carbocycles. The molecule has 3 nitrogen and oxygen atoms in total. The van der Waals surface area contributed by atoms with Gasteiger partial charge in [-0.3, -0.25) is 0 Å². The molecule has 0 aliphatic rings. The van der Waals surface area contributed by atoms with Gasteiger partial charge < -0.3 is 5.32 Å². The lowest BCUT2D eigenvalue weighted by Crippen LogP contribution is -2.00. The summed E-state index contributed by atoms with van der Waals surface area (Å²) in [6, 6.07) is 0. The van der Waals surface area contributed by atoms with E-state index >= 15 is 0 Å². The van der Waals surface area contributed by atoms with Crippen LogP contribution < -0.4 is 5.32 Å². The molecule has 0 unspecified atom stereocenters. The molecule has 1 aromatic heterocycles. The zero-order chi connectivity index (χ0) is 9.52. The third-order valence-corrected chi connectivity index (χ3v) is 2.46. The van der Waals surface area contributed by atoms with E-state index in [-0.39, 0.29) is 0 Å². The van der Waals surface area contributed by atoms with E-state index in [1.54, 1.807) is 0 Å². The molecule has 0 radical (unpaired) electrons. The first-order valence-electron chi connectivity index (χ1n) is 4.93. The Morgan fingerprint density at radius 3 is 2.85 bits per heavy atom. The second kappa shape index (κ2) is 5.91. The fourth-order valence-corrected chi connectivity index (χ4v) is 1.66. The highest BCUT2D eigenvalue weighted by Crippen LogP contribution is 2.11. The monoisotopic (exact) mass is 199 g/mol. The smallest absolute Gasteiger partial charge is 0.202 e. The van der Waals surface area contributed by atoms with E-state index in [1.807, 2.05) is 0 Å². The SMILES string of the molecule is CCCCNc1nc(CCC)ns1. The van der Waals surface area contributed by atoms with Gasteiger partial charge in [0.1, 0.15) is 5.82 Å². The van der Waals surface area contributed by atoms with Crippen LogP contribution in [0.4, 0.5) is 5.13 Å². The number of rotatable bonds is 6. The van der Waals surface area contributed by atoms with Crippen LogP contribution in [-0.2, 0) is 6.42 Å². The lowest BCUT2D eigenvalue weighted by atomic mass is 10.3. The number of unbranched alkanes of at least 4 members (excludes halogenated alkanes) is 1. The molecule has 0 bridgehead atoms. The second-order valence-electron chi connectivity index (χ2n) is 3.05. The number of aryl methyl sites for hydroxylation is 1. The maximum atomic E-state index is 4.37. The molecule has 0 saturated heterocycles. The molecule has 0 aliphatic heterocycles. The van der Waals surface area contributed by atoms with Crippen LogP contribution in [0, 0.1) is 0 Å². The summed E-state index contributed by atoms with van der Waals surface area (Å²) in [5.74, 6) is 0.978. The molecule has 0 saturated carbocycles. The Labute approximate surface area is 83.8 Å². The van der Waals surface area contributed by atoms with Crippen LogP contribution in [0.15, 0.2) is 0 Å². The van der Waals surface area contributed by atoms with E-state index < -0.39 is 0 Å². The molecule has 4 heteroatoms. The number of anilines is 1. The molecule has 1 heterocycles. The topological polar surface area (TPSA) is 37.8 Å². The van der Waals surface area contributed by atoms with Crippen LogP contribution in [0.2, 0.25) is 0 Å². The van der Waals surface area contributed by atoms with Crippen molar-refractivity contribution in [1.82, 2.24) is 9.36 Å². The highest BCUT2D eigenvalue weighted by molar-refractivity contribution is 7.09. The van der Waals surface area contributed by atoms with Gasteiger partial charge in [0, 0.05) is 24.5 Å². The highest BCUT2D eigenvalue weighted by atomic mass is 32.1. The third kappa shape index (κ3) is 3.72. The van der Waals surface area contributed by atoms with E-state index in [9.17, 15) is 0 Å². The molecule has 0 atom stereocenters. The molecule has 0 aromatic carbocycles. The molecule has 74 valence electrons. The van der Waals surface area contributed by atoms with Crippen LogP contribution >= 0.6 is 11.5 Å². The average Bonchev–Trinajstić information content (AvgIpc) is 2.54. The summed E-state index contributed by atoms with van der Waals surface area (Å²) in [6.45, 7) is 5.34.